The number of amides is 1. The lowest BCUT2D eigenvalue weighted by molar-refractivity contribution is -0.146. The van der Waals surface area contributed by atoms with Crippen LogP contribution in [-0.2, 0) is 26.2 Å². The molecule has 6 heteroatoms. The first kappa shape index (κ1) is 24.5. The molecule has 6 nitrogen and oxygen atoms in total. The Morgan fingerprint density at radius 1 is 0.919 bits per heavy atom. The molecule has 1 amide bonds. The van der Waals surface area contributed by atoms with E-state index in [9.17, 15) is 9.59 Å². The number of ether oxygens (including phenoxy) is 1. The molecule has 1 aliphatic carbocycles. The molecule has 3 aromatic carbocycles. The van der Waals surface area contributed by atoms with Crippen LogP contribution in [0.5, 0.6) is 0 Å². The molecule has 0 unspecified atom stereocenters. The summed E-state index contributed by atoms with van der Waals surface area (Å²) in [7, 11) is 0. The van der Waals surface area contributed by atoms with Crippen LogP contribution >= 0.6 is 0 Å². The highest BCUT2D eigenvalue weighted by Crippen LogP contribution is 2.49. The molecule has 188 valence electrons. The average Bonchev–Trinajstić information content (AvgIpc) is 3.67. The van der Waals surface area contributed by atoms with Crippen molar-refractivity contribution in [2.45, 2.75) is 44.9 Å². The molecule has 1 heterocycles. The third-order valence-corrected chi connectivity index (χ3v) is 6.94. The van der Waals surface area contributed by atoms with E-state index in [1.165, 1.54) is 0 Å². The number of aromatic nitrogens is 1. The minimum Gasteiger partial charge on any atom is -0.465 e. The molecule has 0 spiro atoms. The van der Waals surface area contributed by atoms with Crippen LogP contribution in [0, 0.1) is 6.92 Å². The van der Waals surface area contributed by atoms with E-state index in [2.05, 4.69) is 10.5 Å². The molecule has 4 aromatic rings. The van der Waals surface area contributed by atoms with Crippen LogP contribution in [0.1, 0.15) is 43.0 Å². The highest BCUT2D eigenvalue weighted by Gasteiger charge is 2.52. The Morgan fingerprint density at radius 2 is 1.54 bits per heavy atom. The van der Waals surface area contributed by atoms with Gasteiger partial charge in [0.25, 0.3) is 0 Å². The second-order valence-electron chi connectivity index (χ2n) is 9.46. The Kier molecular flexibility index (Phi) is 6.91. The molecule has 1 N–H and O–H groups in total. The molecule has 0 saturated heterocycles. The molecule has 1 saturated carbocycles. The maximum Gasteiger partial charge on any atom is 0.316 e. The van der Waals surface area contributed by atoms with E-state index in [1.54, 1.807) is 0 Å². The minimum absolute atomic E-state index is 0.0793. The van der Waals surface area contributed by atoms with Crippen LogP contribution in [0.4, 0.5) is 5.69 Å². The molecule has 1 fully saturated rings. The Hall–Kier alpha value is -4.19. The van der Waals surface area contributed by atoms with Gasteiger partial charge in [0.05, 0.1) is 12.0 Å². The van der Waals surface area contributed by atoms with Crippen LogP contribution in [0.2, 0.25) is 0 Å². The molecule has 0 aliphatic heterocycles. The van der Waals surface area contributed by atoms with Crippen molar-refractivity contribution in [3.63, 3.8) is 0 Å². The molecular weight excluding hydrogens is 464 g/mol. The third kappa shape index (κ3) is 5.19. The Morgan fingerprint density at radius 3 is 2.16 bits per heavy atom. The van der Waals surface area contributed by atoms with Crippen molar-refractivity contribution in [2.24, 2.45) is 0 Å². The summed E-state index contributed by atoms with van der Waals surface area (Å²) < 4.78 is 10.9. The van der Waals surface area contributed by atoms with Gasteiger partial charge >= 0.3 is 5.97 Å². The van der Waals surface area contributed by atoms with E-state index < -0.39 is 5.41 Å². The van der Waals surface area contributed by atoms with Crippen molar-refractivity contribution in [2.75, 3.05) is 11.9 Å². The zero-order valence-electron chi connectivity index (χ0n) is 21.1. The summed E-state index contributed by atoms with van der Waals surface area (Å²) in [6.07, 6.45) is 2.71. The first-order valence-corrected chi connectivity index (χ1v) is 12.7. The third-order valence-electron chi connectivity index (χ3n) is 6.94. The van der Waals surface area contributed by atoms with Gasteiger partial charge in [0.2, 0.25) is 5.91 Å². The quantitative estimate of drug-likeness (QED) is 0.269. The number of esters is 1. The summed E-state index contributed by atoms with van der Waals surface area (Å²) in [6, 6.07) is 26.0. The van der Waals surface area contributed by atoms with E-state index in [0.29, 0.717) is 36.6 Å². The zero-order valence-corrected chi connectivity index (χ0v) is 21.1. The van der Waals surface area contributed by atoms with E-state index >= 15 is 0 Å². The van der Waals surface area contributed by atoms with Gasteiger partial charge in [-0.2, -0.15) is 0 Å². The normalized spacial score (nSPS) is 13.7. The molecule has 5 rings (SSSR count). The summed E-state index contributed by atoms with van der Waals surface area (Å²) in [4.78, 5) is 25.0. The number of benzene rings is 3. The number of anilines is 1. The number of hydrogen-bond acceptors (Lipinski definition) is 5. The van der Waals surface area contributed by atoms with Crippen LogP contribution in [0.25, 0.3) is 22.5 Å². The number of carbonyl (C=O) groups is 2. The minimum atomic E-state index is -0.468. The van der Waals surface area contributed by atoms with Gasteiger partial charge in [0.15, 0.2) is 5.76 Å². The van der Waals surface area contributed by atoms with E-state index in [-0.39, 0.29) is 11.9 Å². The Bertz CT molecular complexity index is 1390. The van der Waals surface area contributed by atoms with E-state index in [0.717, 1.165) is 40.7 Å². The summed E-state index contributed by atoms with van der Waals surface area (Å²) in [5, 5.41) is 7.07. The van der Waals surface area contributed by atoms with Crippen molar-refractivity contribution in [3.8, 4) is 22.5 Å². The fourth-order valence-electron chi connectivity index (χ4n) is 4.62. The second-order valence-corrected chi connectivity index (χ2v) is 9.46. The lowest BCUT2D eigenvalue weighted by atomic mass is 9.93. The number of carbonyl (C=O) groups excluding carboxylic acids is 2. The summed E-state index contributed by atoms with van der Waals surface area (Å²) >= 11 is 0. The van der Waals surface area contributed by atoms with Crippen LogP contribution in [0.3, 0.4) is 0 Å². The topological polar surface area (TPSA) is 81.4 Å². The van der Waals surface area contributed by atoms with Crippen molar-refractivity contribution >= 4 is 17.6 Å². The van der Waals surface area contributed by atoms with Crippen LogP contribution in [0.15, 0.2) is 83.4 Å². The summed E-state index contributed by atoms with van der Waals surface area (Å²) in [5.74, 6) is 0.333. The van der Waals surface area contributed by atoms with Crippen LogP contribution < -0.4 is 5.32 Å². The molecule has 0 radical (unpaired) electrons. The fourth-order valence-corrected chi connectivity index (χ4v) is 4.62. The SMILES string of the molecule is CCOC(=O)C1(c2ccc(-c3ccc(-c4onc(C)c4NC(=O)CCc4ccccc4)cc3)cc2)CC1. The monoisotopic (exact) mass is 494 g/mol. The predicted molar refractivity (Wildman–Crippen MR) is 143 cm³/mol. The highest BCUT2D eigenvalue weighted by molar-refractivity contribution is 5.95. The Labute approximate surface area is 216 Å². The number of nitrogens with zero attached hydrogens (tertiary/aromatic N) is 1. The second kappa shape index (κ2) is 10.4. The van der Waals surface area contributed by atoms with Crippen LogP contribution in [-0.4, -0.2) is 23.6 Å². The number of hydrogen-bond donors (Lipinski definition) is 1. The summed E-state index contributed by atoms with van der Waals surface area (Å²) in [6.45, 7) is 4.05. The zero-order chi connectivity index (χ0) is 25.8. The first-order valence-electron chi connectivity index (χ1n) is 12.7. The fraction of sp³-hybridized carbons (Fsp3) is 0.258. The van der Waals surface area contributed by atoms with Gasteiger partial charge in [-0.1, -0.05) is 84.0 Å². The largest absolute Gasteiger partial charge is 0.465 e. The maximum absolute atomic E-state index is 12.6. The van der Waals surface area contributed by atoms with Gasteiger partial charge in [0, 0.05) is 12.0 Å². The molecular formula is C31H30N2O4. The van der Waals surface area contributed by atoms with Gasteiger partial charge < -0.3 is 14.6 Å². The standard InChI is InChI=1S/C31H30N2O4/c1-3-36-30(35)31(19-20-31)26-16-14-24(15-17-26)23-10-12-25(13-11-23)29-28(21(2)33-37-29)32-27(34)18-9-22-7-5-4-6-8-22/h4-8,10-17H,3,9,18-20H2,1-2H3,(H,32,34). The average molecular weight is 495 g/mol. The highest BCUT2D eigenvalue weighted by atomic mass is 16.5. The number of rotatable bonds is 9. The molecule has 1 aromatic heterocycles. The van der Waals surface area contributed by atoms with Crippen molar-refractivity contribution < 1.29 is 18.8 Å². The lowest BCUT2D eigenvalue weighted by Gasteiger charge is -2.14. The van der Waals surface area contributed by atoms with Gasteiger partial charge in [-0.25, -0.2) is 0 Å². The van der Waals surface area contributed by atoms with Gasteiger partial charge in [-0.3, -0.25) is 9.59 Å². The van der Waals surface area contributed by atoms with Gasteiger partial charge in [-0.05, 0) is 55.4 Å². The van der Waals surface area contributed by atoms with E-state index in [1.807, 2.05) is 92.7 Å². The van der Waals surface area contributed by atoms with Crippen molar-refractivity contribution in [1.29, 1.82) is 0 Å². The van der Waals surface area contributed by atoms with E-state index in [4.69, 9.17) is 9.26 Å². The van der Waals surface area contributed by atoms with Gasteiger partial charge in [-0.15, -0.1) is 0 Å². The molecule has 0 bridgehead atoms. The molecule has 37 heavy (non-hydrogen) atoms. The van der Waals surface area contributed by atoms with Crippen molar-refractivity contribution in [3.05, 3.63) is 95.7 Å². The number of nitrogens with one attached hydrogen (secondary N) is 1. The number of aryl methyl sites for hydroxylation is 2. The summed E-state index contributed by atoms with van der Waals surface area (Å²) in [5.41, 5.74) is 5.83. The van der Waals surface area contributed by atoms with Crippen molar-refractivity contribution in [1.82, 2.24) is 5.16 Å². The smallest absolute Gasteiger partial charge is 0.316 e. The predicted octanol–water partition coefficient (Wildman–Crippen LogP) is 6.48. The van der Waals surface area contributed by atoms with Gasteiger partial charge in [0.1, 0.15) is 11.4 Å². The first-order chi connectivity index (χ1) is 18.0. The molecule has 1 aliphatic rings. The maximum atomic E-state index is 12.6. The Balaban J connectivity index is 1.28. The molecule has 0 atom stereocenters. The lowest BCUT2D eigenvalue weighted by Crippen LogP contribution is -2.23.